The van der Waals surface area contributed by atoms with E-state index in [-0.39, 0.29) is 5.69 Å². The molecule has 118 valence electrons. The van der Waals surface area contributed by atoms with Crippen molar-refractivity contribution in [2.24, 2.45) is 0 Å². The third-order valence-electron chi connectivity index (χ3n) is 3.29. The highest BCUT2D eigenvalue weighted by atomic mass is 32.1. The molecule has 0 unspecified atom stereocenters. The number of fused-ring (bicyclic) bond motifs is 1. The average Bonchev–Trinajstić information content (AvgIpc) is 2.92. The van der Waals surface area contributed by atoms with Crippen molar-refractivity contribution in [3.8, 4) is 0 Å². The minimum absolute atomic E-state index is 0.0744. The van der Waals surface area contributed by atoms with Crippen LogP contribution in [0.1, 0.15) is 4.88 Å². The van der Waals surface area contributed by atoms with E-state index < -0.39 is 4.92 Å². The Bertz CT molecular complexity index is 849. The smallest absolute Gasteiger partial charge is 0.292 e. The van der Waals surface area contributed by atoms with Gasteiger partial charge in [0, 0.05) is 24.0 Å². The number of benzene rings is 1. The van der Waals surface area contributed by atoms with Crippen LogP contribution in [0.5, 0.6) is 0 Å². The Hall–Kier alpha value is -2.74. The van der Waals surface area contributed by atoms with Crippen LogP contribution in [-0.2, 0) is 0 Å². The van der Waals surface area contributed by atoms with E-state index in [0.29, 0.717) is 18.8 Å². The highest BCUT2D eigenvalue weighted by Crippen LogP contribution is 2.27. The lowest BCUT2D eigenvalue weighted by atomic mass is 10.2. The van der Waals surface area contributed by atoms with Crippen LogP contribution in [0.25, 0.3) is 10.2 Å². The fraction of sp³-hybridized carbons (Fsp3) is 0.200. The Morgan fingerprint density at radius 3 is 2.83 bits per heavy atom. The van der Waals surface area contributed by atoms with Crippen LogP contribution in [0.15, 0.2) is 36.7 Å². The van der Waals surface area contributed by atoms with Crippen molar-refractivity contribution >= 4 is 38.7 Å². The molecule has 0 saturated carbocycles. The number of nitro benzene ring substituents is 1. The summed E-state index contributed by atoms with van der Waals surface area (Å²) in [7, 11) is 0. The van der Waals surface area contributed by atoms with Gasteiger partial charge in [-0.25, -0.2) is 9.97 Å². The predicted molar refractivity (Wildman–Crippen MR) is 92.2 cm³/mol. The standard InChI is InChI=1S/C15H15N5O2S/c1-10-8-11-14(18-9-19-15(11)23-10)17-7-6-16-12-4-2-3-5-13(12)20(21)22/h2-5,8-9,16H,6-7H2,1H3,(H,17,18,19). The monoisotopic (exact) mass is 329 g/mol. The van der Waals surface area contributed by atoms with Crippen LogP contribution in [0.4, 0.5) is 17.2 Å². The van der Waals surface area contributed by atoms with Crippen LogP contribution in [0.2, 0.25) is 0 Å². The van der Waals surface area contributed by atoms with Crippen molar-refractivity contribution in [2.75, 3.05) is 23.7 Å². The summed E-state index contributed by atoms with van der Waals surface area (Å²) in [6, 6.07) is 8.65. The number of thiophene rings is 1. The molecule has 0 fully saturated rings. The second-order valence-corrected chi connectivity index (χ2v) is 6.16. The van der Waals surface area contributed by atoms with Crippen LogP contribution >= 0.6 is 11.3 Å². The van der Waals surface area contributed by atoms with E-state index >= 15 is 0 Å². The second-order valence-electron chi connectivity index (χ2n) is 4.93. The second kappa shape index (κ2) is 6.57. The molecule has 0 amide bonds. The van der Waals surface area contributed by atoms with E-state index in [4.69, 9.17) is 0 Å². The van der Waals surface area contributed by atoms with Crippen molar-refractivity contribution in [3.05, 3.63) is 51.7 Å². The Balaban J connectivity index is 1.63. The molecule has 3 rings (SSSR count). The van der Waals surface area contributed by atoms with Gasteiger partial charge in [-0.15, -0.1) is 11.3 Å². The lowest BCUT2D eigenvalue weighted by molar-refractivity contribution is -0.384. The number of anilines is 2. The SMILES string of the molecule is Cc1cc2c(NCCNc3ccccc3[N+](=O)[O-])ncnc2s1. The van der Waals surface area contributed by atoms with Gasteiger partial charge in [0.2, 0.25) is 0 Å². The van der Waals surface area contributed by atoms with Gasteiger partial charge in [-0.2, -0.15) is 0 Å². The highest BCUT2D eigenvalue weighted by Gasteiger charge is 2.11. The quantitative estimate of drug-likeness (QED) is 0.409. The predicted octanol–water partition coefficient (Wildman–Crippen LogP) is 3.43. The first-order valence-corrected chi connectivity index (χ1v) is 7.89. The zero-order valence-corrected chi connectivity index (χ0v) is 13.3. The van der Waals surface area contributed by atoms with Gasteiger partial charge >= 0.3 is 0 Å². The maximum atomic E-state index is 11.0. The van der Waals surface area contributed by atoms with Crippen molar-refractivity contribution in [1.82, 2.24) is 9.97 Å². The van der Waals surface area contributed by atoms with Gasteiger partial charge in [-0.3, -0.25) is 10.1 Å². The van der Waals surface area contributed by atoms with E-state index in [0.717, 1.165) is 16.0 Å². The first-order valence-electron chi connectivity index (χ1n) is 7.07. The van der Waals surface area contributed by atoms with E-state index in [1.807, 2.05) is 6.92 Å². The highest BCUT2D eigenvalue weighted by molar-refractivity contribution is 7.18. The van der Waals surface area contributed by atoms with Gasteiger partial charge in [-0.05, 0) is 19.1 Å². The summed E-state index contributed by atoms with van der Waals surface area (Å²) in [6.07, 6.45) is 1.54. The molecule has 0 bridgehead atoms. The van der Waals surface area contributed by atoms with E-state index in [9.17, 15) is 10.1 Å². The summed E-state index contributed by atoms with van der Waals surface area (Å²) < 4.78 is 0. The molecule has 23 heavy (non-hydrogen) atoms. The molecular formula is C15H15N5O2S. The number of aromatic nitrogens is 2. The molecule has 0 saturated heterocycles. The number of rotatable bonds is 6. The molecule has 2 N–H and O–H groups in total. The molecule has 0 radical (unpaired) electrons. The fourth-order valence-electron chi connectivity index (χ4n) is 2.28. The molecular weight excluding hydrogens is 314 g/mol. The number of nitrogens with zero attached hydrogens (tertiary/aromatic N) is 3. The third-order valence-corrected chi connectivity index (χ3v) is 4.24. The van der Waals surface area contributed by atoms with Crippen LogP contribution in [-0.4, -0.2) is 28.0 Å². The van der Waals surface area contributed by atoms with Gasteiger partial charge in [-0.1, -0.05) is 12.1 Å². The lowest BCUT2D eigenvalue weighted by Gasteiger charge is -2.09. The minimum Gasteiger partial charge on any atom is -0.378 e. The molecule has 2 heterocycles. The van der Waals surface area contributed by atoms with Crippen molar-refractivity contribution in [1.29, 1.82) is 0 Å². The molecule has 0 spiro atoms. The van der Waals surface area contributed by atoms with Gasteiger partial charge in [0.25, 0.3) is 5.69 Å². The molecule has 2 aromatic heterocycles. The molecule has 7 nitrogen and oxygen atoms in total. The van der Waals surface area contributed by atoms with Crippen molar-refractivity contribution < 1.29 is 4.92 Å². The first kappa shape index (κ1) is 15.2. The largest absolute Gasteiger partial charge is 0.378 e. The molecule has 8 heteroatoms. The first-order chi connectivity index (χ1) is 11.1. The number of hydrogen-bond donors (Lipinski definition) is 2. The van der Waals surface area contributed by atoms with E-state index in [1.165, 1.54) is 17.3 Å². The molecule has 1 aromatic carbocycles. The Morgan fingerprint density at radius 1 is 1.22 bits per heavy atom. The van der Waals surface area contributed by atoms with Crippen molar-refractivity contribution in [3.63, 3.8) is 0 Å². The van der Waals surface area contributed by atoms with Gasteiger partial charge in [0.1, 0.15) is 22.7 Å². The zero-order chi connectivity index (χ0) is 16.2. The maximum absolute atomic E-state index is 11.0. The number of aryl methyl sites for hydroxylation is 1. The van der Waals surface area contributed by atoms with Crippen molar-refractivity contribution in [2.45, 2.75) is 6.92 Å². The molecule has 0 atom stereocenters. The maximum Gasteiger partial charge on any atom is 0.292 e. The third kappa shape index (κ3) is 3.37. The van der Waals surface area contributed by atoms with Crippen LogP contribution in [0, 0.1) is 17.0 Å². The Morgan fingerprint density at radius 2 is 2.00 bits per heavy atom. The van der Waals surface area contributed by atoms with Crippen LogP contribution < -0.4 is 10.6 Å². The Kier molecular flexibility index (Phi) is 4.33. The number of para-hydroxylation sites is 2. The number of hydrogen-bond acceptors (Lipinski definition) is 7. The van der Waals surface area contributed by atoms with Gasteiger partial charge in [0.05, 0.1) is 10.3 Å². The van der Waals surface area contributed by atoms with Gasteiger partial charge in [0.15, 0.2) is 0 Å². The summed E-state index contributed by atoms with van der Waals surface area (Å²) in [4.78, 5) is 21.2. The fourth-order valence-corrected chi connectivity index (χ4v) is 3.12. The zero-order valence-electron chi connectivity index (χ0n) is 12.4. The summed E-state index contributed by atoms with van der Waals surface area (Å²) in [5.41, 5.74) is 0.587. The normalized spacial score (nSPS) is 10.7. The van der Waals surface area contributed by atoms with Gasteiger partial charge < -0.3 is 10.6 Å². The summed E-state index contributed by atoms with van der Waals surface area (Å²) in [5.74, 6) is 0.781. The summed E-state index contributed by atoms with van der Waals surface area (Å²) >= 11 is 1.63. The van der Waals surface area contributed by atoms with E-state index in [2.05, 4.69) is 26.7 Å². The van der Waals surface area contributed by atoms with E-state index in [1.54, 1.807) is 29.5 Å². The number of nitro groups is 1. The molecule has 0 aliphatic rings. The average molecular weight is 329 g/mol. The molecule has 0 aliphatic carbocycles. The topological polar surface area (TPSA) is 93.0 Å². The summed E-state index contributed by atoms with van der Waals surface area (Å²) in [6.45, 7) is 3.17. The number of nitrogens with one attached hydrogen (secondary N) is 2. The Labute approximate surface area is 136 Å². The minimum atomic E-state index is -0.391. The molecule has 0 aliphatic heterocycles. The summed E-state index contributed by atoms with van der Waals surface area (Å²) in [5, 5.41) is 18.3. The van der Waals surface area contributed by atoms with Crippen LogP contribution in [0.3, 0.4) is 0 Å². The lowest BCUT2D eigenvalue weighted by Crippen LogP contribution is -2.15. The molecule has 3 aromatic rings.